The van der Waals surface area contributed by atoms with Gasteiger partial charge in [-0.25, -0.2) is 4.79 Å². The van der Waals surface area contributed by atoms with Crippen molar-refractivity contribution in [3.05, 3.63) is 29.8 Å². The van der Waals surface area contributed by atoms with Crippen molar-refractivity contribution in [2.24, 2.45) is 5.92 Å². The third kappa shape index (κ3) is 4.21. The van der Waals surface area contributed by atoms with Crippen LogP contribution in [0.4, 0.5) is 10.5 Å². The molecule has 0 radical (unpaired) electrons. The highest BCUT2D eigenvalue weighted by atomic mass is 16.4. The van der Waals surface area contributed by atoms with E-state index in [1.165, 1.54) is 4.90 Å². The maximum atomic E-state index is 12.6. The van der Waals surface area contributed by atoms with Gasteiger partial charge in [0.2, 0.25) is 0 Å². The van der Waals surface area contributed by atoms with Crippen LogP contribution in [0.3, 0.4) is 0 Å². The number of aliphatic carboxylic acids is 1. The summed E-state index contributed by atoms with van der Waals surface area (Å²) in [6.07, 6.45) is 0.449. The quantitative estimate of drug-likeness (QED) is 0.787. The number of anilines is 1. The number of carboxylic acids is 1. The zero-order chi connectivity index (χ0) is 17.0. The van der Waals surface area contributed by atoms with E-state index in [4.69, 9.17) is 5.11 Å². The third-order valence-electron chi connectivity index (χ3n) is 3.65. The number of benzene rings is 1. The van der Waals surface area contributed by atoms with Gasteiger partial charge < -0.3 is 20.6 Å². The highest BCUT2D eigenvalue weighted by molar-refractivity contribution is 6.03. The number of carbonyl (C=O) groups is 3. The van der Waals surface area contributed by atoms with Crippen LogP contribution in [0.2, 0.25) is 0 Å². The highest BCUT2D eigenvalue weighted by Crippen LogP contribution is 2.22. The number of likely N-dealkylation sites (tertiary alicyclic amines) is 1. The number of nitrogens with one attached hydrogen (secondary N) is 2. The number of carbonyl (C=O) groups excluding carboxylic acids is 2. The number of carboxylic acid groups (broad SMARTS) is 1. The lowest BCUT2D eigenvalue weighted by molar-refractivity contribution is -0.141. The van der Waals surface area contributed by atoms with E-state index in [1.54, 1.807) is 24.3 Å². The van der Waals surface area contributed by atoms with Gasteiger partial charge in [-0.15, -0.1) is 0 Å². The van der Waals surface area contributed by atoms with Gasteiger partial charge >= 0.3 is 12.0 Å². The lowest BCUT2D eigenvalue weighted by Crippen LogP contribution is -2.35. The van der Waals surface area contributed by atoms with E-state index < -0.39 is 11.9 Å². The van der Waals surface area contributed by atoms with E-state index in [-0.39, 0.29) is 24.5 Å². The molecule has 1 atom stereocenters. The van der Waals surface area contributed by atoms with E-state index in [0.717, 1.165) is 0 Å². The molecule has 23 heavy (non-hydrogen) atoms. The van der Waals surface area contributed by atoms with Crippen LogP contribution in [0, 0.1) is 5.92 Å². The van der Waals surface area contributed by atoms with Crippen LogP contribution in [0.1, 0.15) is 30.6 Å². The first-order valence-electron chi connectivity index (χ1n) is 7.57. The van der Waals surface area contributed by atoms with Crippen molar-refractivity contribution >= 4 is 23.6 Å². The molecule has 1 heterocycles. The van der Waals surface area contributed by atoms with Crippen molar-refractivity contribution in [2.75, 3.05) is 18.4 Å². The normalized spacial score (nSPS) is 17.2. The molecule has 0 bridgehead atoms. The second kappa shape index (κ2) is 7.13. The Kier molecular flexibility index (Phi) is 5.20. The summed E-state index contributed by atoms with van der Waals surface area (Å²) < 4.78 is 0. The predicted octanol–water partition coefficient (Wildman–Crippen LogP) is 1.76. The minimum Gasteiger partial charge on any atom is -0.481 e. The maximum Gasteiger partial charge on any atom is 0.319 e. The molecule has 3 amide bonds. The molecule has 1 fully saturated rings. The Bertz CT molecular complexity index is 615. The van der Waals surface area contributed by atoms with Crippen LogP contribution in [-0.2, 0) is 4.79 Å². The summed E-state index contributed by atoms with van der Waals surface area (Å²) in [5.41, 5.74) is 0.770. The Balaban J connectivity index is 2.12. The second-order valence-electron chi connectivity index (χ2n) is 5.87. The fourth-order valence-electron chi connectivity index (χ4n) is 2.52. The lowest BCUT2D eigenvalue weighted by Gasteiger charge is -2.19. The Labute approximate surface area is 134 Å². The van der Waals surface area contributed by atoms with Crippen LogP contribution in [-0.4, -0.2) is 47.0 Å². The molecule has 1 unspecified atom stereocenters. The van der Waals surface area contributed by atoms with Crippen LogP contribution >= 0.6 is 0 Å². The Morgan fingerprint density at radius 3 is 2.57 bits per heavy atom. The number of para-hydroxylation sites is 1. The Morgan fingerprint density at radius 1 is 1.26 bits per heavy atom. The number of nitrogens with zero attached hydrogens (tertiary/aromatic N) is 1. The van der Waals surface area contributed by atoms with E-state index in [1.807, 2.05) is 13.8 Å². The number of hydrogen-bond donors (Lipinski definition) is 3. The van der Waals surface area contributed by atoms with E-state index in [0.29, 0.717) is 24.2 Å². The average molecular weight is 319 g/mol. The van der Waals surface area contributed by atoms with Crippen molar-refractivity contribution in [1.29, 1.82) is 0 Å². The zero-order valence-corrected chi connectivity index (χ0v) is 13.2. The summed E-state index contributed by atoms with van der Waals surface area (Å²) in [5.74, 6) is -1.68. The molecule has 3 N–H and O–H groups in total. The van der Waals surface area contributed by atoms with Gasteiger partial charge in [0.1, 0.15) is 0 Å². The van der Waals surface area contributed by atoms with Crippen molar-refractivity contribution < 1.29 is 19.5 Å². The van der Waals surface area contributed by atoms with Gasteiger partial charge in [-0.2, -0.15) is 0 Å². The standard InChI is InChI=1S/C16H21N3O4/c1-10(2)17-16(23)18-13-6-4-3-5-12(13)14(20)19-8-7-11(9-19)15(21)22/h3-6,10-11H,7-9H2,1-2H3,(H,21,22)(H2,17,18,23). The Morgan fingerprint density at radius 2 is 1.96 bits per heavy atom. The summed E-state index contributed by atoms with van der Waals surface area (Å²) in [5, 5.41) is 14.4. The van der Waals surface area contributed by atoms with Crippen LogP contribution in [0.15, 0.2) is 24.3 Å². The molecule has 0 aliphatic carbocycles. The second-order valence-corrected chi connectivity index (χ2v) is 5.87. The minimum atomic E-state index is -0.886. The molecule has 2 rings (SSSR count). The molecule has 1 aliphatic rings. The molecule has 124 valence electrons. The molecule has 0 aromatic heterocycles. The summed E-state index contributed by atoms with van der Waals surface area (Å²) in [6.45, 7) is 4.28. The number of rotatable bonds is 4. The SMILES string of the molecule is CC(C)NC(=O)Nc1ccccc1C(=O)N1CCC(C(=O)O)C1. The molecule has 1 aromatic carbocycles. The number of amides is 3. The number of hydrogen-bond acceptors (Lipinski definition) is 3. The zero-order valence-electron chi connectivity index (χ0n) is 13.2. The monoisotopic (exact) mass is 319 g/mol. The molecule has 0 spiro atoms. The predicted molar refractivity (Wildman–Crippen MR) is 85.4 cm³/mol. The van der Waals surface area contributed by atoms with Crippen molar-refractivity contribution in [1.82, 2.24) is 10.2 Å². The lowest BCUT2D eigenvalue weighted by atomic mass is 10.1. The van der Waals surface area contributed by atoms with Gasteiger partial charge in [0, 0.05) is 19.1 Å². The molecular formula is C16H21N3O4. The molecule has 1 aromatic rings. The van der Waals surface area contributed by atoms with Crippen LogP contribution in [0.5, 0.6) is 0 Å². The van der Waals surface area contributed by atoms with Crippen molar-refractivity contribution in [3.8, 4) is 0 Å². The fraction of sp³-hybridized carbons (Fsp3) is 0.438. The third-order valence-corrected chi connectivity index (χ3v) is 3.65. The average Bonchev–Trinajstić information content (AvgIpc) is 2.96. The van der Waals surface area contributed by atoms with Gasteiger partial charge in [0.05, 0.1) is 17.2 Å². The Hall–Kier alpha value is -2.57. The molecular weight excluding hydrogens is 298 g/mol. The van der Waals surface area contributed by atoms with Gasteiger partial charge in [-0.1, -0.05) is 12.1 Å². The van der Waals surface area contributed by atoms with Gasteiger partial charge in [-0.05, 0) is 32.4 Å². The number of urea groups is 1. The van der Waals surface area contributed by atoms with Gasteiger partial charge in [0.25, 0.3) is 5.91 Å². The first kappa shape index (κ1) is 16.8. The summed E-state index contributed by atoms with van der Waals surface area (Å²) in [4.78, 5) is 37.0. The summed E-state index contributed by atoms with van der Waals surface area (Å²) in [7, 11) is 0. The van der Waals surface area contributed by atoms with E-state index in [2.05, 4.69) is 10.6 Å². The van der Waals surface area contributed by atoms with Gasteiger partial charge in [0.15, 0.2) is 0 Å². The van der Waals surface area contributed by atoms with Crippen molar-refractivity contribution in [2.45, 2.75) is 26.3 Å². The molecule has 7 nitrogen and oxygen atoms in total. The highest BCUT2D eigenvalue weighted by Gasteiger charge is 2.32. The topological polar surface area (TPSA) is 98.7 Å². The molecule has 0 saturated carbocycles. The molecule has 7 heteroatoms. The van der Waals surface area contributed by atoms with E-state index in [9.17, 15) is 14.4 Å². The van der Waals surface area contributed by atoms with E-state index >= 15 is 0 Å². The molecule has 1 aliphatic heterocycles. The van der Waals surface area contributed by atoms with Crippen LogP contribution < -0.4 is 10.6 Å². The summed E-state index contributed by atoms with van der Waals surface area (Å²) in [6, 6.07) is 6.31. The smallest absolute Gasteiger partial charge is 0.319 e. The maximum absolute atomic E-state index is 12.6. The first-order chi connectivity index (χ1) is 10.9. The van der Waals surface area contributed by atoms with Crippen LogP contribution in [0.25, 0.3) is 0 Å². The first-order valence-corrected chi connectivity index (χ1v) is 7.57. The largest absolute Gasteiger partial charge is 0.481 e. The molecule has 1 saturated heterocycles. The summed E-state index contributed by atoms with van der Waals surface area (Å²) >= 11 is 0. The van der Waals surface area contributed by atoms with Gasteiger partial charge in [-0.3, -0.25) is 9.59 Å². The fourth-order valence-corrected chi connectivity index (χ4v) is 2.52. The minimum absolute atomic E-state index is 0.0206. The van der Waals surface area contributed by atoms with Crippen molar-refractivity contribution in [3.63, 3.8) is 0 Å².